The summed E-state index contributed by atoms with van der Waals surface area (Å²) in [6.07, 6.45) is 5.80. The molecule has 25 heavy (non-hydrogen) atoms. The fourth-order valence-corrected chi connectivity index (χ4v) is 4.59. The highest BCUT2D eigenvalue weighted by Gasteiger charge is 2.66. The molecule has 4 atom stereocenters. The summed E-state index contributed by atoms with van der Waals surface area (Å²) in [4.78, 5) is 24.0. The van der Waals surface area contributed by atoms with Crippen molar-refractivity contribution in [2.24, 2.45) is 11.3 Å². The van der Waals surface area contributed by atoms with Crippen molar-refractivity contribution < 1.29 is 28.9 Å². The lowest BCUT2D eigenvalue weighted by Gasteiger charge is -2.52. The summed E-state index contributed by atoms with van der Waals surface area (Å²) in [7, 11) is 0. The lowest BCUT2D eigenvalue weighted by molar-refractivity contribution is -0.198. The van der Waals surface area contributed by atoms with Crippen molar-refractivity contribution in [2.45, 2.75) is 58.0 Å². The number of carbonyl (C=O) groups excluding carboxylic acids is 2. The quantitative estimate of drug-likeness (QED) is 0.357. The fraction of sp³-hybridized carbons (Fsp3) is 0.579. The maximum atomic E-state index is 12.6. The molecule has 0 amide bonds. The van der Waals surface area contributed by atoms with E-state index in [1.807, 2.05) is 19.9 Å². The molecule has 6 nitrogen and oxygen atoms in total. The second-order valence-electron chi connectivity index (χ2n) is 7.86. The molecule has 0 aromatic carbocycles. The van der Waals surface area contributed by atoms with Gasteiger partial charge in [0.15, 0.2) is 5.60 Å². The number of esters is 2. The number of aliphatic hydroxyl groups is 1. The third-order valence-corrected chi connectivity index (χ3v) is 5.98. The maximum Gasteiger partial charge on any atom is 0.338 e. The van der Waals surface area contributed by atoms with Crippen molar-refractivity contribution >= 4 is 11.9 Å². The number of ether oxygens (including phenoxy) is 3. The Morgan fingerprint density at radius 1 is 1.28 bits per heavy atom. The molecular weight excluding hydrogens is 324 g/mol. The Bertz CT molecular complexity index is 743. The highest BCUT2D eigenvalue weighted by molar-refractivity contribution is 5.92. The molecule has 1 N–H and O–H groups in total. The van der Waals surface area contributed by atoms with Gasteiger partial charge in [0.1, 0.15) is 6.10 Å². The van der Waals surface area contributed by atoms with Crippen molar-refractivity contribution in [3.05, 3.63) is 35.1 Å². The van der Waals surface area contributed by atoms with Crippen LogP contribution in [0.2, 0.25) is 0 Å². The van der Waals surface area contributed by atoms with E-state index in [0.29, 0.717) is 5.57 Å². The van der Waals surface area contributed by atoms with E-state index in [0.717, 1.165) is 24.8 Å². The fourth-order valence-electron chi connectivity index (χ4n) is 4.59. The standard InChI is InChI=1S/C19H22O6/c1-10-7-14(24-16(10)21)23-9-13-12-8-11-5-4-6-18(2,3)19(11,15(12)20)25-17(13)22/h7-9,12,14-15,20H,4-6H2,1-3H3/t12?,14?,15-,19-/m1/s1. The zero-order valence-electron chi connectivity index (χ0n) is 14.6. The van der Waals surface area contributed by atoms with Gasteiger partial charge in [-0.1, -0.05) is 19.9 Å². The Morgan fingerprint density at radius 2 is 2.04 bits per heavy atom. The third kappa shape index (κ3) is 2.13. The smallest absolute Gasteiger partial charge is 0.338 e. The Morgan fingerprint density at radius 3 is 2.72 bits per heavy atom. The van der Waals surface area contributed by atoms with Crippen LogP contribution in [0.25, 0.3) is 0 Å². The van der Waals surface area contributed by atoms with Crippen LogP contribution in [0.1, 0.15) is 40.0 Å². The Labute approximate surface area is 146 Å². The summed E-state index contributed by atoms with van der Waals surface area (Å²) < 4.78 is 16.3. The van der Waals surface area contributed by atoms with Crippen LogP contribution < -0.4 is 0 Å². The van der Waals surface area contributed by atoms with Crippen LogP contribution in [-0.2, 0) is 23.8 Å². The molecule has 2 heterocycles. The lowest BCUT2D eigenvalue weighted by Crippen LogP contribution is -2.61. The van der Waals surface area contributed by atoms with Gasteiger partial charge in [-0.15, -0.1) is 0 Å². The summed E-state index contributed by atoms with van der Waals surface area (Å²) in [5.74, 6) is -1.39. The molecule has 1 saturated carbocycles. The molecule has 2 bridgehead atoms. The highest BCUT2D eigenvalue weighted by Crippen LogP contribution is 2.59. The molecule has 2 fully saturated rings. The molecule has 6 heteroatoms. The molecular formula is C19H22O6. The SMILES string of the molecule is CC1=CC(OC=C2C(=O)O[C@]34C(=CC2[C@H]3O)CCCC4(C)C)OC1=O. The van der Waals surface area contributed by atoms with Gasteiger partial charge >= 0.3 is 11.9 Å². The predicted molar refractivity (Wildman–Crippen MR) is 86.8 cm³/mol. The number of hydrogen-bond donors (Lipinski definition) is 1. The lowest BCUT2D eigenvalue weighted by atomic mass is 9.61. The van der Waals surface area contributed by atoms with Crippen LogP contribution in [0.5, 0.6) is 0 Å². The van der Waals surface area contributed by atoms with Crippen LogP contribution in [0, 0.1) is 11.3 Å². The minimum Gasteiger partial charge on any atom is -0.458 e. The van der Waals surface area contributed by atoms with Gasteiger partial charge in [0.2, 0.25) is 0 Å². The minimum absolute atomic E-state index is 0.254. The molecule has 2 unspecified atom stereocenters. The number of carbonyl (C=O) groups is 2. The van der Waals surface area contributed by atoms with Gasteiger partial charge in [0.05, 0.1) is 11.8 Å². The van der Waals surface area contributed by atoms with Crippen molar-refractivity contribution in [3.63, 3.8) is 0 Å². The molecule has 0 radical (unpaired) electrons. The first kappa shape index (κ1) is 16.4. The summed E-state index contributed by atoms with van der Waals surface area (Å²) in [6.45, 7) is 5.71. The first-order valence-electron chi connectivity index (χ1n) is 8.64. The van der Waals surface area contributed by atoms with Gasteiger partial charge in [-0.25, -0.2) is 9.59 Å². The summed E-state index contributed by atoms with van der Waals surface area (Å²) in [5, 5.41) is 11.0. The number of cyclic esters (lactones) is 1. The van der Waals surface area contributed by atoms with E-state index in [-0.39, 0.29) is 11.0 Å². The first-order valence-corrected chi connectivity index (χ1v) is 8.64. The number of aliphatic hydroxyl groups excluding tert-OH is 1. The minimum atomic E-state index is -0.944. The van der Waals surface area contributed by atoms with Crippen LogP contribution >= 0.6 is 0 Å². The third-order valence-electron chi connectivity index (χ3n) is 5.98. The van der Waals surface area contributed by atoms with E-state index in [1.54, 1.807) is 13.0 Å². The van der Waals surface area contributed by atoms with Gasteiger partial charge in [-0.05, 0) is 31.8 Å². The molecule has 4 rings (SSSR count). The van der Waals surface area contributed by atoms with E-state index >= 15 is 0 Å². The number of fused-ring (bicyclic) bond motifs is 1. The van der Waals surface area contributed by atoms with Crippen molar-refractivity contribution in [2.75, 3.05) is 0 Å². The maximum absolute atomic E-state index is 12.6. The summed E-state index contributed by atoms with van der Waals surface area (Å²) in [5.41, 5.74) is 0.449. The van der Waals surface area contributed by atoms with E-state index < -0.39 is 35.9 Å². The van der Waals surface area contributed by atoms with Gasteiger partial charge in [0.25, 0.3) is 6.29 Å². The topological polar surface area (TPSA) is 82.1 Å². The van der Waals surface area contributed by atoms with Crippen LogP contribution in [0.4, 0.5) is 0 Å². The van der Waals surface area contributed by atoms with Crippen LogP contribution in [0.3, 0.4) is 0 Å². The average molecular weight is 346 g/mol. The molecule has 0 aromatic heterocycles. The van der Waals surface area contributed by atoms with Gasteiger partial charge < -0.3 is 19.3 Å². The monoisotopic (exact) mass is 346 g/mol. The van der Waals surface area contributed by atoms with Gasteiger partial charge in [0, 0.05) is 23.0 Å². The van der Waals surface area contributed by atoms with Crippen molar-refractivity contribution in [1.82, 2.24) is 0 Å². The molecule has 2 aliphatic carbocycles. The summed E-state index contributed by atoms with van der Waals surface area (Å²) in [6, 6.07) is 0. The molecule has 2 aliphatic heterocycles. The largest absolute Gasteiger partial charge is 0.458 e. The number of hydrogen-bond acceptors (Lipinski definition) is 6. The first-order chi connectivity index (χ1) is 11.8. The normalized spacial score (nSPS) is 40.2. The van der Waals surface area contributed by atoms with E-state index in [4.69, 9.17) is 14.2 Å². The Hall–Kier alpha value is -2.08. The van der Waals surface area contributed by atoms with Gasteiger partial charge in [-0.3, -0.25) is 0 Å². The van der Waals surface area contributed by atoms with E-state index in [2.05, 4.69) is 0 Å². The molecule has 0 aromatic rings. The second-order valence-corrected chi connectivity index (χ2v) is 7.86. The van der Waals surface area contributed by atoms with Crippen molar-refractivity contribution in [3.8, 4) is 0 Å². The Balaban J connectivity index is 1.63. The predicted octanol–water partition coefficient (Wildman–Crippen LogP) is 2.14. The van der Waals surface area contributed by atoms with E-state index in [1.165, 1.54) is 6.26 Å². The zero-order valence-corrected chi connectivity index (χ0v) is 14.6. The molecule has 1 spiro atoms. The van der Waals surface area contributed by atoms with Gasteiger partial charge in [-0.2, -0.15) is 0 Å². The molecule has 134 valence electrons. The second kappa shape index (κ2) is 5.21. The highest BCUT2D eigenvalue weighted by atomic mass is 16.7. The molecule has 4 aliphatic rings. The van der Waals surface area contributed by atoms with E-state index in [9.17, 15) is 14.7 Å². The Kier molecular flexibility index (Phi) is 3.41. The van der Waals surface area contributed by atoms with Crippen LogP contribution in [-0.4, -0.2) is 35.0 Å². The average Bonchev–Trinajstić information content (AvgIpc) is 2.94. The summed E-state index contributed by atoms with van der Waals surface area (Å²) >= 11 is 0. The zero-order chi connectivity index (χ0) is 18.0. The number of rotatable bonds is 2. The van der Waals surface area contributed by atoms with Crippen LogP contribution in [0.15, 0.2) is 35.1 Å². The molecule has 1 saturated heterocycles. The van der Waals surface area contributed by atoms with Crippen molar-refractivity contribution in [1.29, 1.82) is 0 Å².